The van der Waals surface area contributed by atoms with Gasteiger partial charge < -0.3 is 10.8 Å². The van der Waals surface area contributed by atoms with Crippen molar-refractivity contribution in [2.75, 3.05) is 7.11 Å². The number of hydrogen-bond donors (Lipinski definition) is 3. The van der Waals surface area contributed by atoms with Gasteiger partial charge in [-0.25, -0.2) is 0 Å². The summed E-state index contributed by atoms with van der Waals surface area (Å²) in [5.41, 5.74) is 10.7. The molecule has 0 spiro atoms. The van der Waals surface area contributed by atoms with Crippen LogP contribution < -0.4 is 11.2 Å². The van der Waals surface area contributed by atoms with Crippen LogP contribution >= 0.6 is 15.9 Å². The highest BCUT2D eigenvalue weighted by Crippen LogP contribution is 2.31. The molecular formula is C11H15BrN2O2. The van der Waals surface area contributed by atoms with Gasteiger partial charge in [0, 0.05) is 17.7 Å². The van der Waals surface area contributed by atoms with E-state index in [-0.39, 0.29) is 12.3 Å². The van der Waals surface area contributed by atoms with E-state index in [2.05, 4.69) is 21.4 Å². The Hall–Kier alpha value is -1.04. The molecule has 0 heterocycles. The molecule has 0 bridgehead atoms. The van der Waals surface area contributed by atoms with Crippen LogP contribution in [-0.2, 0) is 11.4 Å². The zero-order valence-corrected chi connectivity index (χ0v) is 10.8. The first-order valence-corrected chi connectivity index (χ1v) is 5.60. The van der Waals surface area contributed by atoms with E-state index < -0.39 is 0 Å². The van der Waals surface area contributed by atoms with Crippen LogP contribution in [0, 0.1) is 0 Å². The lowest BCUT2D eigenvalue weighted by Gasteiger charge is -2.12. The number of hydrogen-bond acceptors (Lipinski definition) is 4. The van der Waals surface area contributed by atoms with Gasteiger partial charge in [0.25, 0.3) is 0 Å². The standard InChI is InChI=1S/C11H15BrN2O2/c1-3-10(14-16-2)7-4-8(6-13)11(15)9(12)5-7/h3-5,14-15H,6,13H2,1-2H3. The number of phenols is 1. The Balaban J connectivity index is 3.19. The summed E-state index contributed by atoms with van der Waals surface area (Å²) in [4.78, 5) is 4.87. The Bertz CT molecular complexity index is 405. The minimum atomic E-state index is 0.180. The number of hydroxylamine groups is 1. The Morgan fingerprint density at radius 3 is 2.81 bits per heavy atom. The van der Waals surface area contributed by atoms with Gasteiger partial charge in [-0.1, -0.05) is 6.08 Å². The first kappa shape index (κ1) is 13.0. The average Bonchev–Trinajstić information content (AvgIpc) is 2.29. The van der Waals surface area contributed by atoms with Crippen molar-refractivity contribution in [2.24, 2.45) is 5.73 Å². The van der Waals surface area contributed by atoms with Crippen LogP contribution in [0.5, 0.6) is 5.75 Å². The summed E-state index contributed by atoms with van der Waals surface area (Å²) < 4.78 is 0.614. The lowest BCUT2D eigenvalue weighted by molar-refractivity contribution is 0.136. The third-order valence-electron chi connectivity index (χ3n) is 2.17. The highest BCUT2D eigenvalue weighted by Gasteiger charge is 2.09. The van der Waals surface area contributed by atoms with E-state index in [1.807, 2.05) is 19.1 Å². The Morgan fingerprint density at radius 1 is 1.62 bits per heavy atom. The van der Waals surface area contributed by atoms with Crippen LogP contribution in [-0.4, -0.2) is 12.2 Å². The molecule has 0 radical (unpaired) electrons. The number of benzene rings is 1. The molecule has 1 aromatic rings. The highest BCUT2D eigenvalue weighted by molar-refractivity contribution is 9.10. The number of rotatable bonds is 4. The zero-order valence-electron chi connectivity index (χ0n) is 9.25. The largest absolute Gasteiger partial charge is 0.506 e. The van der Waals surface area contributed by atoms with E-state index in [4.69, 9.17) is 10.6 Å². The van der Waals surface area contributed by atoms with Gasteiger partial charge >= 0.3 is 0 Å². The van der Waals surface area contributed by atoms with Gasteiger partial charge in [0.15, 0.2) is 0 Å². The van der Waals surface area contributed by atoms with Gasteiger partial charge in [-0.15, -0.1) is 0 Å². The van der Waals surface area contributed by atoms with Crippen LogP contribution in [0.1, 0.15) is 18.1 Å². The molecule has 0 unspecified atom stereocenters. The first-order valence-electron chi connectivity index (χ1n) is 4.81. The molecule has 0 saturated heterocycles. The summed E-state index contributed by atoms with van der Waals surface area (Å²) in [6, 6.07) is 3.62. The van der Waals surface area contributed by atoms with E-state index in [0.29, 0.717) is 10.0 Å². The van der Waals surface area contributed by atoms with Crippen molar-refractivity contribution >= 4 is 21.6 Å². The molecule has 0 amide bonds. The molecule has 4 N–H and O–H groups in total. The molecule has 0 fully saturated rings. The number of aromatic hydroxyl groups is 1. The minimum absolute atomic E-state index is 0.180. The topological polar surface area (TPSA) is 67.5 Å². The number of allylic oxidation sites excluding steroid dienone is 1. The maximum Gasteiger partial charge on any atom is 0.134 e. The lowest BCUT2D eigenvalue weighted by Crippen LogP contribution is -2.10. The zero-order chi connectivity index (χ0) is 12.1. The third-order valence-corrected chi connectivity index (χ3v) is 2.78. The van der Waals surface area contributed by atoms with Crippen molar-refractivity contribution in [2.45, 2.75) is 13.5 Å². The van der Waals surface area contributed by atoms with Gasteiger partial charge in [-0.2, -0.15) is 0 Å². The monoisotopic (exact) mass is 286 g/mol. The predicted octanol–water partition coefficient (Wildman–Crippen LogP) is 2.13. The van der Waals surface area contributed by atoms with Crippen molar-refractivity contribution in [3.8, 4) is 5.75 Å². The van der Waals surface area contributed by atoms with Gasteiger partial charge in [-0.05, 0) is 35.0 Å². The van der Waals surface area contributed by atoms with Crippen LogP contribution in [0.4, 0.5) is 0 Å². The van der Waals surface area contributed by atoms with Crippen LogP contribution in [0.3, 0.4) is 0 Å². The van der Waals surface area contributed by atoms with Crippen molar-refractivity contribution in [3.05, 3.63) is 33.8 Å². The normalized spacial score (nSPS) is 11.6. The Morgan fingerprint density at radius 2 is 2.31 bits per heavy atom. The second-order valence-corrected chi connectivity index (χ2v) is 4.03. The Kier molecular flexibility index (Phi) is 4.79. The fourth-order valence-corrected chi connectivity index (χ4v) is 1.86. The molecule has 1 rings (SSSR count). The molecule has 0 aliphatic carbocycles. The van der Waals surface area contributed by atoms with Gasteiger partial charge in [-0.3, -0.25) is 10.3 Å². The summed E-state index contributed by atoms with van der Waals surface area (Å²) in [6.45, 7) is 2.17. The minimum Gasteiger partial charge on any atom is -0.506 e. The maximum atomic E-state index is 9.71. The second kappa shape index (κ2) is 5.89. The van der Waals surface area contributed by atoms with Crippen LogP contribution in [0.2, 0.25) is 0 Å². The molecule has 88 valence electrons. The summed E-state index contributed by atoms with van der Waals surface area (Å²) >= 11 is 3.28. The Labute approximate surface area is 103 Å². The first-order chi connectivity index (χ1) is 7.63. The average molecular weight is 287 g/mol. The molecule has 0 aromatic heterocycles. The molecule has 16 heavy (non-hydrogen) atoms. The van der Waals surface area contributed by atoms with Gasteiger partial charge in [0.2, 0.25) is 0 Å². The SMILES string of the molecule is CC=C(NOC)c1cc(Br)c(O)c(CN)c1. The summed E-state index contributed by atoms with van der Waals surface area (Å²) in [7, 11) is 1.54. The van der Waals surface area contributed by atoms with E-state index in [0.717, 1.165) is 11.3 Å². The van der Waals surface area contributed by atoms with Crippen molar-refractivity contribution in [1.29, 1.82) is 0 Å². The molecule has 0 aliphatic heterocycles. The number of halogens is 1. The number of nitrogens with one attached hydrogen (secondary N) is 1. The quantitative estimate of drug-likeness (QED) is 0.742. The van der Waals surface area contributed by atoms with Crippen molar-refractivity contribution in [1.82, 2.24) is 5.48 Å². The fourth-order valence-electron chi connectivity index (χ4n) is 1.36. The molecule has 4 nitrogen and oxygen atoms in total. The van der Waals surface area contributed by atoms with Crippen LogP contribution in [0.25, 0.3) is 5.70 Å². The molecular weight excluding hydrogens is 272 g/mol. The maximum absolute atomic E-state index is 9.71. The molecule has 0 saturated carbocycles. The summed E-state index contributed by atoms with van der Waals surface area (Å²) in [6.07, 6.45) is 1.88. The third kappa shape index (κ3) is 2.75. The van der Waals surface area contributed by atoms with E-state index in [1.54, 1.807) is 13.2 Å². The smallest absolute Gasteiger partial charge is 0.134 e. The van der Waals surface area contributed by atoms with Crippen LogP contribution in [0.15, 0.2) is 22.7 Å². The molecule has 5 heteroatoms. The second-order valence-electron chi connectivity index (χ2n) is 3.18. The molecule has 1 aromatic carbocycles. The number of phenolic OH excluding ortho intramolecular Hbond substituents is 1. The van der Waals surface area contributed by atoms with Gasteiger partial charge in [0.1, 0.15) is 5.75 Å². The van der Waals surface area contributed by atoms with E-state index in [1.165, 1.54) is 0 Å². The van der Waals surface area contributed by atoms with Crippen molar-refractivity contribution in [3.63, 3.8) is 0 Å². The summed E-state index contributed by atoms with van der Waals surface area (Å²) in [5, 5.41) is 9.71. The van der Waals surface area contributed by atoms with E-state index >= 15 is 0 Å². The highest BCUT2D eigenvalue weighted by atomic mass is 79.9. The van der Waals surface area contributed by atoms with E-state index in [9.17, 15) is 5.11 Å². The lowest BCUT2D eigenvalue weighted by atomic mass is 10.1. The molecule has 0 atom stereocenters. The molecule has 0 aliphatic rings. The fraction of sp³-hybridized carbons (Fsp3) is 0.273. The number of nitrogens with two attached hydrogens (primary N) is 1. The van der Waals surface area contributed by atoms with Crippen molar-refractivity contribution < 1.29 is 9.94 Å². The summed E-state index contributed by atoms with van der Waals surface area (Å²) in [5.74, 6) is 0.180. The predicted molar refractivity (Wildman–Crippen MR) is 67.5 cm³/mol. The van der Waals surface area contributed by atoms with Gasteiger partial charge in [0.05, 0.1) is 17.3 Å².